The summed E-state index contributed by atoms with van der Waals surface area (Å²) in [5, 5.41) is 12.3. The first-order valence-electron chi connectivity index (χ1n) is 13.3. The van der Waals surface area contributed by atoms with E-state index in [2.05, 4.69) is 4.90 Å². The molecule has 4 aliphatic carbocycles. The number of nitrogens with zero attached hydrogens (tertiary/aromatic N) is 1. The van der Waals surface area contributed by atoms with Crippen molar-refractivity contribution in [2.75, 3.05) is 13.1 Å². The first-order chi connectivity index (χ1) is 17.4. The summed E-state index contributed by atoms with van der Waals surface area (Å²) in [6.07, 6.45) is 1.82. The normalized spacial score (nSPS) is 46.6. The molecule has 1 aliphatic heterocycles. The van der Waals surface area contributed by atoms with Gasteiger partial charge in [0, 0.05) is 36.0 Å². The molecule has 7 heteroatoms. The summed E-state index contributed by atoms with van der Waals surface area (Å²) in [5.41, 5.74) is -3.72. The number of carbonyl (C=O) groups is 2. The molecule has 198 valence electrons. The fourth-order valence-electron chi connectivity index (χ4n) is 9.56. The van der Waals surface area contributed by atoms with Crippen LogP contribution in [0.1, 0.15) is 45.6 Å². The van der Waals surface area contributed by atoms with Gasteiger partial charge in [0.1, 0.15) is 12.0 Å². The highest BCUT2D eigenvalue weighted by Crippen LogP contribution is 2.74. The van der Waals surface area contributed by atoms with E-state index in [1.54, 1.807) is 13.8 Å². The molecule has 4 fully saturated rings. The smallest absolute Gasteiger partial charge is 0.178 e. The lowest BCUT2D eigenvalue weighted by atomic mass is 9.43. The quantitative estimate of drug-likeness (QED) is 0.579. The van der Waals surface area contributed by atoms with Gasteiger partial charge in [-0.1, -0.05) is 36.7 Å². The molecule has 6 rings (SSSR count). The van der Waals surface area contributed by atoms with Crippen LogP contribution in [0.3, 0.4) is 0 Å². The Labute approximate surface area is 221 Å². The molecule has 5 aliphatic rings. The molecule has 0 amide bonds. The molecule has 1 saturated heterocycles. The number of ketones is 2. The average molecular weight is 530 g/mol. The van der Waals surface area contributed by atoms with E-state index >= 15 is 8.78 Å². The minimum atomic E-state index is -2.11. The largest absolute Gasteiger partial charge is 0.390 e. The van der Waals surface area contributed by atoms with Crippen LogP contribution >= 0.6 is 11.6 Å². The fraction of sp³-hybridized carbons (Fsp3) is 0.600. The molecular weight excluding hydrogens is 496 g/mol. The molecule has 0 unspecified atom stereocenters. The van der Waals surface area contributed by atoms with E-state index in [9.17, 15) is 14.7 Å². The lowest BCUT2D eigenvalue weighted by Crippen LogP contribution is -2.69. The van der Waals surface area contributed by atoms with Crippen molar-refractivity contribution in [3.05, 3.63) is 58.7 Å². The average Bonchev–Trinajstić information content (AvgIpc) is 3.30. The molecule has 37 heavy (non-hydrogen) atoms. The number of carbonyl (C=O) groups excluding carboxylic acids is 2. The maximum atomic E-state index is 17.4. The predicted molar refractivity (Wildman–Crippen MR) is 137 cm³/mol. The summed E-state index contributed by atoms with van der Waals surface area (Å²) >= 11 is 6.20. The van der Waals surface area contributed by atoms with Gasteiger partial charge in [0.15, 0.2) is 11.5 Å². The van der Waals surface area contributed by atoms with Crippen LogP contribution in [0, 0.1) is 34.0 Å². The van der Waals surface area contributed by atoms with Crippen molar-refractivity contribution in [2.45, 2.75) is 64.5 Å². The van der Waals surface area contributed by atoms with E-state index < -0.39 is 40.1 Å². The van der Waals surface area contributed by atoms with E-state index in [4.69, 9.17) is 11.6 Å². The van der Waals surface area contributed by atoms with Gasteiger partial charge in [-0.05, 0) is 85.8 Å². The third-order valence-electron chi connectivity index (χ3n) is 11.1. The van der Waals surface area contributed by atoms with E-state index in [1.165, 1.54) is 18.2 Å². The number of allylic oxidation sites excluding steroid dienone is 4. The maximum Gasteiger partial charge on any atom is 0.178 e. The van der Waals surface area contributed by atoms with E-state index in [-0.39, 0.29) is 41.8 Å². The van der Waals surface area contributed by atoms with Gasteiger partial charge >= 0.3 is 0 Å². The monoisotopic (exact) mass is 529 g/mol. The third-order valence-corrected chi connectivity index (χ3v) is 11.4. The molecule has 1 aromatic rings. The van der Waals surface area contributed by atoms with Crippen molar-refractivity contribution in [3.8, 4) is 0 Å². The highest BCUT2D eigenvalue weighted by Gasteiger charge is 2.77. The number of fused-ring (bicyclic) bond motifs is 7. The number of likely N-dealkylation sites (tertiary alicyclic amines) is 1. The van der Waals surface area contributed by atoms with Gasteiger partial charge in [0.05, 0.1) is 11.5 Å². The van der Waals surface area contributed by atoms with Crippen molar-refractivity contribution >= 4 is 23.2 Å². The van der Waals surface area contributed by atoms with Gasteiger partial charge < -0.3 is 5.11 Å². The highest BCUT2D eigenvalue weighted by atomic mass is 35.5. The Balaban J connectivity index is 1.38. The van der Waals surface area contributed by atoms with Gasteiger partial charge in [0.25, 0.3) is 0 Å². The minimum absolute atomic E-state index is 0.0000151. The standard InChI is InChI=1S/C30H34ClF2NO3/c1-17(35)29-16-34(14-18-5-4-6-20(31)9-18)15-19(29)10-22-23-12-25(32)24-11-21(36)7-8-27(24,2)30(23,33)26(37)13-28(22,29)3/h4-9,11,19,22-23,25-26,37H,10,12-16H2,1-3H3/t19-,22-,23-,25-,26-,27-,28-,29-,30-/m0/s1. The van der Waals surface area contributed by atoms with Gasteiger partial charge in [-0.2, -0.15) is 0 Å². The molecule has 1 heterocycles. The van der Waals surface area contributed by atoms with Gasteiger partial charge in [-0.25, -0.2) is 8.78 Å². The summed E-state index contributed by atoms with van der Waals surface area (Å²) < 4.78 is 33.1. The minimum Gasteiger partial charge on any atom is -0.390 e. The zero-order chi connectivity index (χ0) is 26.5. The number of aliphatic hydroxyl groups is 1. The van der Waals surface area contributed by atoms with Crippen LogP contribution in [0.5, 0.6) is 0 Å². The van der Waals surface area contributed by atoms with Crippen molar-refractivity contribution in [1.29, 1.82) is 0 Å². The predicted octanol–water partition coefficient (Wildman–Crippen LogP) is 5.28. The molecule has 0 spiro atoms. The first kappa shape index (κ1) is 25.4. The van der Waals surface area contributed by atoms with Crippen LogP contribution in [-0.2, 0) is 16.1 Å². The molecule has 9 atom stereocenters. The topological polar surface area (TPSA) is 57.6 Å². The van der Waals surface area contributed by atoms with Crippen LogP contribution in [0.2, 0.25) is 5.02 Å². The Morgan fingerprint density at radius 3 is 2.70 bits per heavy atom. The Morgan fingerprint density at radius 2 is 2.00 bits per heavy atom. The van der Waals surface area contributed by atoms with Gasteiger partial charge in [-0.15, -0.1) is 0 Å². The highest BCUT2D eigenvalue weighted by molar-refractivity contribution is 6.30. The van der Waals surface area contributed by atoms with Crippen molar-refractivity contribution < 1.29 is 23.5 Å². The molecular formula is C30H34ClF2NO3. The Morgan fingerprint density at radius 1 is 1.24 bits per heavy atom. The lowest BCUT2D eigenvalue weighted by molar-refractivity contribution is -0.211. The van der Waals surface area contributed by atoms with Crippen molar-refractivity contribution in [3.63, 3.8) is 0 Å². The Kier molecular flexibility index (Phi) is 5.53. The second kappa shape index (κ2) is 8.06. The second-order valence-corrected chi connectivity index (χ2v) is 13.1. The fourth-order valence-corrected chi connectivity index (χ4v) is 9.77. The summed E-state index contributed by atoms with van der Waals surface area (Å²) in [6.45, 7) is 7.16. The summed E-state index contributed by atoms with van der Waals surface area (Å²) in [7, 11) is 0. The summed E-state index contributed by atoms with van der Waals surface area (Å²) in [6, 6.07) is 7.70. The van der Waals surface area contributed by atoms with Crippen molar-refractivity contribution in [1.82, 2.24) is 4.90 Å². The molecule has 0 aromatic heterocycles. The van der Waals surface area contributed by atoms with Gasteiger partial charge in [0.2, 0.25) is 0 Å². The maximum absolute atomic E-state index is 17.4. The summed E-state index contributed by atoms with van der Waals surface area (Å²) in [5.74, 6) is -1.28. The molecule has 3 saturated carbocycles. The number of benzene rings is 1. The lowest BCUT2D eigenvalue weighted by Gasteiger charge is -2.63. The van der Waals surface area contributed by atoms with Crippen LogP contribution in [-0.4, -0.2) is 52.6 Å². The van der Waals surface area contributed by atoms with Crippen molar-refractivity contribution in [2.24, 2.45) is 34.0 Å². The first-order valence-corrected chi connectivity index (χ1v) is 13.7. The molecule has 0 bridgehead atoms. The zero-order valence-electron chi connectivity index (χ0n) is 21.5. The number of aliphatic hydroxyl groups excluding tert-OH is 1. The van der Waals surface area contributed by atoms with E-state index in [0.717, 1.165) is 5.56 Å². The molecule has 4 nitrogen and oxygen atoms in total. The number of Topliss-reactive ketones (excluding diaryl/α,β-unsaturated/α-hetero) is 1. The zero-order valence-corrected chi connectivity index (χ0v) is 22.3. The third kappa shape index (κ3) is 3.12. The number of halogens is 3. The summed E-state index contributed by atoms with van der Waals surface area (Å²) in [4.78, 5) is 27.9. The van der Waals surface area contributed by atoms with Crippen LogP contribution in [0.15, 0.2) is 48.1 Å². The second-order valence-electron chi connectivity index (χ2n) is 12.6. The SMILES string of the molecule is CC(=O)[C@@]12CN(Cc3cccc(Cl)c3)C[C@@H]1C[C@H]1[C@@H]3C[C@H](F)C4=CC(=O)C=C[C@]4(C)[C@@]3(F)[C@@H](O)C[C@@]12C. The molecule has 1 aromatic carbocycles. The van der Waals surface area contributed by atoms with E-state index in [0.29, 0.717) is 31.1 Å². The number of alkyl halides is 2. The van der Waals surface area contributed by atoms with E-state index in [1.807, 2.05) is 31.2 Å². The Bertz CT molecular complexity index is 1250. The number of hydrogen-bond donors (Lipinski definition) is 1. The number of rotatable bonds is 3. The van der Waals surface area contributed by atoms with Crippen LogP contribution < -0.4 is 0 Å². The van der Waals surface area contributed by atoms with Gasteiger partial charge in [-0.3, -0.25) is 14.5 Å². The molecule has 1 N–H and O–H groups in total. The molecule has 0 radical (unpaired) electrons. The van der Waals surface area contributed by atoms with Crippen LogP contribution in [0.4, 0.5) is 8.78 Å². The van der Waals surface area contributed by atoms with Crippen LogP contribution in [0.25, 0.3) is 0 Å². The Hall–Kier alpha value is -1.89. The number of hydrogen-bond acceptors (Lipinski definition) is 4.